The minimum atomic E-state index is -1.59. The molecule has 3 heteroatoms. The lowest BCUT2D eigenvalue weighted by atomic mass is 10.9. The molecule has 1 unspecified atom stereocenters. The van der Waals surface area contributed by atoms with Crippen molar-refractivity contribution in [1.82, 2.24) is 0 Å². The van der Waals surface area contributed by atoms with Crippen LogP contribution >= 0.6 is 12.6 Å². The summed E-state index contributed by atoms with van der Waals surface area (Å²) in [6.07, 6.45) is 0. The first-order chi connectivity index (χ1) is 2.27. The fourth-order valence-corrected chi connectivity index (χ4v) is 0. The molecule has 0 aliphatic carbocycles. The predicted octanol–water partition coefficient (Wildman–Crippen LogP) is 1.18. The molecule has 0 radical (unpaired) electrons. The Morgan fingerprint density at radius 2 is 2.00 bits per heavy atom. The lowest BCUT2D eigenvalue weighted by molar-refractivity contribution is 0.351. The van der Waals surface area contributed by atoms with Gasteiger partial charge in [-0.25, -0.2) is 8.78 Å². The zero-order valence-electron chi connectivity index (χ0n) is 2.49. The standard InChI is InChI=1S/C2H4F2S/c3-1-2(4)5/h2,5H,1H2. The number of halogens is 2. The van der Waals surface area contributed by atoms with Crippen LogP contribution in [0.2, 0.25) is 0 Å². The largest absolute Gasteiger partial charge is 0.247 e. The van der Waals surface area contributed by atoms with Gasteiger partial charge in [-0.05, 0) is 0 Å². The van der Waals surface area contributed by atoms with Crippen molar-refractivity contribution in [2.45, 2.75) is 5.50 Å². The fourth-order valence-electron chi connectivity index (χ4n) is 0. The Morgan fingerprint density at radius 1 is 1.80 bits per heavy atom. The van der Waals surface area contributed by atoms with E-state index >= 15 is 0 Å². The minimum Gasteiger partial charge on any atom is -0.247 e. The Morgan fingerprint density at radius 3 is 2.00 bits per heavy atom. The second kappa shape index (κ2) is 2.45. The number of alkyl halides is 2. The van der Waals surface area contributed by atoms with E-state index in [4.69, 9.17) is 0 Å². The molecular weight excluding hydrogens is 94.1 g/mol. The van der Waals surface area contributed by atoms with Crippen LogP contribution < -0.4 is 0 Å². The SMILES string of the molecule is FCC(F)S. The number of hydrogen-bond acceptors (Lipinski definition) is 1. The van der Waals surface area contributed by atoms with Crippen molar-refractivity contribution in [2.75, 3.05) is 6.67 Å². The third-order valence-corrected chi connectivity index (χ3v) is 0.265. The van der Waals surface area contributed by atoms with Gasteiger partial charge in [-0.3, -0.25) is 0 Å². The van der Waals surface area contributed by atoms with Gasteiger partial charge < -0.3 is 0 Å². The maximum Gasteiger partial charge on any atom is 0.171 e. The van der Waals surface area contributed by atoms with Crippen LogP contribution in [0.1, 0.15) is 0 Å². The molecule has 0 aromatic rings. The van der Waals surface area contributed by atoms with E-state index in [1.54, 1.807) is 0 Å². The summed E-state index contributed by atoms with van der Waals surface area (Å²) in [6.45, 7) is -0.997. The maximum atomic E-state index is 10.9. The van der Waals surface area contributed by atoms with Gasteiger partial charge in [0.15, 0.2) is 5.50 Å². The van der Waals surface area contributed by atoms with E-state index in [-0.39, 0.29) is 0 Å². The summed E-state index contributed by atoms with van der Waals surface area (Å²) in [6, 6.07) is 0. The van der Waals surface area contributed by atoms with E-state index < -0.39 is 12.2 Å². The Kier molecular flexibility index (Phi) is 2.55. The fraction of sp³-hybridized carbons (Fsp3) is 1.00. The van der Waals surface area contributed by atoms with Gasteiger partial charge in [-0.1, -0.05) is 0 Å². The first kappa shape index (κ1) is 5.21. The van der Waals surface area contributed by atoms with Crippen molar-refractivity contribution < 1.29 is 8.78 Å². The zero-order chi connectivity index (χ0) is 4.28. The molecule has 0 aliphatic heterocycles. The third kappa shape index (κ3) is 4.21. The van der Waals surface area contributed by atoms with Crippen LogP contribution in [0.25, 0.3) is 0 Å². The summed E-state index contributed by atoms with van der Waals surface area (Å²) in [5, 5.41) is 0. The summed E-state index contributed by atoms with van der Waals surface area (Å²) in [7, 11) is 0. The van der Waals surface area contributed by atoms with E-state index in [0.29, 0.717) is 0 Å². The quantitative estimate of drug-likeness (QED) is 0.468. The first-order valence-corrected chi connectivity index (χ1v) is 1.67. The van der Waals surface area contributed by atoms with Crippen LogP contribution in [0.4, 0.5) is 8.78 Å². The van der Waals surface area contributed by atoms with Crippen molar-refractivity contribution in [2.24, 2.45) is 0 Å². The number of rotatable bonds is 1. The van der Waals surface area contributed by atoms with Crippen molar-refractivity contribution in [3.8, 4) is 0 Å². The molecule has 0 aromatic carbocycles. The van der Waals surface area contributed by atoms with Gasteiger partial charge in [0.2, 0.25) is 0 Å². The molecule has 0 nitrogen and oxygen atoms in total. The highest BCUT2D eigenvalue weighted by atomic mass is 32.1. The summed E-state index contributed by atoms with van der Waals surface area (Å²) >= 11 is 3.06. The van der Waals surface area contributed by atoms with E-state index in [9.17, 15) is 8.78 Å². The molecule has 0 N–H and O–H groups in total. The normalized spacial score (nSPS) is 15.0. The molecule has 0 bridgehead atoms. The Bertz CT molecular complexity index is 21.6. The summed E-state index contributed by atoms with van der Waals surface area (Å²) in [4.78, 5) is 0. The van der Waals surface area contributed by atoms with Gasteiger partial charge in [-0.15, -0.1) is 12.6 Å². The van der Waals surface area contributed by atoms with Gasteiger partial charge in [0.05, 0.1) is 0 Å². The number of hydrogen-bond donors (Lipinski definition) is 1. The number of thiol groups is 1. The summed E-state index contributed by atoms with van der Waals surface area (Å²) < 4.78 is 21.6. The zero-order valence-corrected chi connectivity index (χ0v) is 3.38. The molecule has 0 saturated heterocycles. The third-order valence-electron chi connectivity index (χ3n) is 0.127. The minimum absolute atomic E-state index is 0.997. The van der Waals surface area contributed by atoms with E-state index in [0.717, 1.165) is 0 Å². The Labute approximate surface area is 34.6 Å². The molecule has 0 spiro atoms. The van der Waals surface area contributed by atoms with Gasteiger partial charge in [0, 0.05) is 0 Å². The molecule has 0 amide bonds. The van der Waals surface area contributed by atoms with Gasteiger partial charge in [0.25, 0.3) is 0 Å². The summed E-state index contributed by atoms with van der Waals surface area (Å²) in [5.41, 5.74) is -1.59. The molecule has 32 valence electrons. The molecule has 0 rings (SSSR count). The average Bonchev–Trinajstić information content (AvgIpc) is 1.38. The van der Waals surface area contributed by atoms with Crippen molar-refractivity contribution in [3.05, 3.63) is 0 Å². The Hall–Kier alpha value is 0.210. The predicted molar refractivity (Wildman–Crippen MR) is 19.9 cm³/mol. The first-order valence-electron chi connectivity index (χ1n) is 1.15. The second-order valence-corrected chi connectivity index (χ2v) is 1.15. The maximum absolute atomic E-state index is 10.9. The molecule has 5 heavy (non-hydrogen) atoms. The van der Waals surface area contributed by atoms with E-state index in [2.05, 4.69) is 12.6 Å². The molecule has 0 heterocycles. The lowest BCUT2D eigenvalue weighted by Gasteiger charge is -1.82. The van der Waals surface area contributed by atoms with Crippen LogP contribution in [0.15, 0.2) is 0 Å². The molecular formula is C2H4F2S. The topological polar surface area (TPSA) is 0 Å². The highest BCUT2D eigenvalue weighted by Gasteiger charge is 1.90. The highest BCUT2D eigenvalue weighted by Crippen LogP contribution is 1.93. The Balaban J connectivity index is 2.54. The van der Waals surface area contributed by atoms with Crippen LogP contribution in [0, 0.1) is 0 Å². The van der Waals surface area contributed by atoms with Crippen molar-refractivity contribution in [1.29, 1.82) is 0 Å². The highest BCUT2D eigenvalue weighted by molar-refractivity contribution is 7.80. The molecule has 0 aromatic heterocycles. The smallest absolute Gasteiger partial charge is 0.171 e. The molecule has 0 fully saturated rings. The molecule has 0 aliphatic rings. The van der Waals surface area contributed by atoms with Crippen LogP contribution in [-0.2, 0) is 0 Å². The van der Waals surface area contributed by atoms with E-state index in [1.807, 2.05) is 0 Å². The lowest BCUT2D eigenvalue weighted by Crippen LogP contribution is -1.86. The van der Waals surface area contributed by atoms with Crippen molar-refractivity contribution >= 4 is 12.6 Å². The van der Waals surface area contributed by atoms with Crippen LogP contribution in [0.5, 0.6) is 0 Å². The van der Waals surface area contributed by atoms with Gasteiger partial charge >= 0.3 is 0 Å². The van der Waals surface area contributed by atoms with Crippen LogP contribution in [0.3, 0.4) is 0 Å². The molecule has 0 saturated carbocycles. The van der Waals surface area contributed by atoms with Gasteiger partial charge in [0.1, 0.15) is 6.67 Å². The monoisotopic (exact) mass is 98.0 g/mol. The average molecular weight is 98.1 g/mol. The second-order valence-electron chi connectivity index (χ2n) is 0.589. The van der Waals surface area contributed by atoms with E-state index in [1.165, 1.54) is 0 Å². The van der Waals surface area contributed by atoms with Gasteiger partial charge in [-0.2, -0.15) is 0 Å². The molecule has 1 atom stereocenters. The summed E-state index contributed by atoms with van der Waals surface area (Å²) in [5.74, 6) is 0. The van der Waals surface area contributed by atoms with Crippen molar-refractivity contribution in [3.63, 3.8) is 0 Å². The van der Waals surface area contributed by atoms with Crippen LogP contribution in [-0.4, -0.2) is 12.2 Å².